The summed E-state index contributed by atoms with van der Waals surface area (Å²) < 4.78 is 39.9. The molecule has 196 valence electrons. The third-order valence-electron chi connectivity index (χ3n) is 6.77. The average Bonchev–Trinajstić information content (AvgIpc) is 3.23. The molecule has 36 heavy (non-hydrogen) atoms. The van der Waals surface area contributed by atoms with Gasteiger partial charge < -0.3 is 9.47 Å². The van der Waals surface area contributed by atoms with E-state index in [4.69, 9.17) is 9.47 Å². The maximum Gasteiger partial charge on any atom is 0.411 e. The predicted molar refractivity (Wildman–Crippen MR) is 131 cm³/mol. The fourth-order valence-electron chi connectivity index (χ4n) is 4.91. The van der Waals surface area contributed by atoms with Crippen LogP contribution < -0.4 is 0 Å². The quantitative estimate of drug-likeness (QED) is 0.330. The van der Waals surface area contributed by atoms with Crippen molar-refractivity contribution in [2.24, 2.45) is 0 Å². The summed E-state index contributed by atoms with van der Waals surface area (Å²) >= 11 is 3.29. The van der Waals surface area contributed by atoms with Gasteiger partial charge in [0.05, 0.1) is 18.2 Å². The molecule has 1 saturated heterocycles. The minimum absolute atomic E-state index is 0.0145. The van der Waals surface area contributed by atoms with Crippen LogP contribution >= 0.6 is 15.9 Å². The highest BCUT2D eigenvalue weighted by Gasteiger charge is 2.60. The number of amides is 1. The molecule has 2 aromatic rings. The molecular weight excluding hydrogens is 540 g/mol. The van der Waals surface area contributed by atoms with E-state index in [2.05, 4.69) is 21.0 Å². The second-order valence-corrected chi connectivity index (χ2v) is 11.3. The van der Waals surface area contributed by atoms with Crippen molar-refractivity contribution in [2.45, 2.75) is 90.0 Å². The summed E-state index contributed by atoms with van der Waals surface area (Å²) in [5.41, 5.74) is -0.648. The van der Waals surface area contributed by atoms with Gasteiger partial charge in [-0.1, -0.05) is 15.9 Å². The Balaban J connectivity index is 1.78. The first-order chi connectivity index (χ1) is 16.8. The molecular formula is C25H30BrF2N3O5. The molecule has 1 spiro atoms. The van der Waals surface area contributed by atoms with Gasteiger partial charge in [-0.25, -0.2) is 23.1 Å². The molecule has 0 N–H and O–H groups in total. The number of alkyl halides is 2. The molecule has 2 aliphatic rings. The van der Waals surface area contributed by atoms with Crippen LogP contribution in [0.1, 0.15) is 77.0 Å². The summed E-state index contributed by atoms with van der Waals surface area (Å²) in [6.45, 7) is 8.56. The van der Waals surface area contributed by atoms with E-state index in [1.807, 2.05) is 0 Å². The normalized spacial score (nSPS) is 19.7. The fraction of sp³-hybridized carbons (Fsp3) is 0.600. The molecule has 0 bridgehead atoms. The first-order valence-corrected chi connectivity index (χ1v) is 12.8. The fourth-order valence-corrected chi connectivity index (χ4v) is 5.34. The molecule has 2 fully saturated rings. The number of aryl methyl sites for hydroxylation is 1. The van der Waals surface area contributed by atoms with Crippen molar-refractivity contribution in [3.8, 4) is 0 Å². The number of hydrogen-bond acceptors (Lipinski definition) is 6. The van der Waals surface area contributed by atoms with Crippen LogP contribution in [0.3, 0.4) is 0 Å². The number of nitrogens with zero attached hydrogens (tertiary/aromatic N) is 3. The van der Waals surface area contributed by atoms with Crippen molar-refractivity contribution in [2.75, 3.05) is 6.61 Å². The molecule has 1 aromatic carbocycles. The summed E-state index contributed by atoms with van der Waals surface area (Å²) in [5.74, 6) is -1.43. The summed E-state index contributed by atoms with van der Waals surface area (Å²) in [6, 6.07) is -1.15. The van der Waals surface area contributed by atoms with Gasteiger partial charge in [-0.15, -0.1) is 0 Å². The summed E-state index contributed by atoms with van der Waals surface area (Å²) in [4.78, 5) is 41.6. The average molecular weight is 570 g/mol. The van der Waals surface area contributed by atoms with Crippen molar-refractivity contribution >= 4 is 44.7 Å². The number of ether oxygens (including phenoxy) is 2. The van der Waals surface area contributed by atoms with Gasteiger partial charge in [-0.2, -0.15) is 5.10 Å². The highest BCUT2D eigenvalue weighted by atomic mass is 79.9. The van der Waals surface area contributed by atoms with E-state index in [0.29, 0.717) is 22.9 Å². The van der Waals surface area contributed by atoms with Crippen LogP contribution in [-0.2, 0) is 19.1 Å². The summed E-state index contributed by atoms with van der Waals surface area (Å²) in [7, 11) is 0. The lowest BCUT2D eigenvalue weighted by atomic mass is 10.0. The number of rotatable bonds is 6. The standard InChI is InChI=1S/C25H30BrF2N3O5/c1-6-35-22(33)19(30-12-15-14(21(27)28)11-16(26)13(2)18(15)29-30)20(32)17-7-8-25(9-10-25)31(17)23(34)36-24(3,4)5/h11-12,17,19,21H,6-10H2,1-5H3/t17-,19?/m1/s1. The minimum atomic E-state index is -2.79. The van der Waals surface area contributed by atoms with Crippen LogP contribution in [0.2, 0.25) is 0 Å². The number of aromatic nitrogens is 2. The van der Waals surface area contributed by atoms with Crippen LogP contribution in [0, 0.1) is 6.92 Å². The van der Waals surface area contributed by atoms with Gasteiger partial charge in [0.1, 0.15) is 5.60 Å². The zero-order valence-corrected chi connectivity index (χ0v) is 22.5. The molecule has 0 radical (unpaired) electrons. The number of esters is 1. The van der Waals surface area contributed by atoms with Gasteiger partial charge in [-0.05, 0) is 71.9 Å². The van der Waals surface area contributed by atoms with E-state index >= 15 is 0 Å². The number of hydrogen-bond donors (Lipinski definition) is 0. The van der Waals surface area contributed by atoms with Gasteiger partial charge in [0, 0.05) is 27.2 Å². The van der Waals surface area contributed by atoms with E-state index in [-0.39, 0.29) is 23.1 Å². The molecule has 4 rings (SSSR count). The number of carbonyl (C=O) groups is 3. The summed E-state index contributed by atoms with van der Waals surface area (Å²) in [6.07, 6.45) is 0.362. The monoisotopic (exact) mass is 569 g/mol. The minimum Gasteiger partial charge on any atom is -0.464 e. The molecule has 11 heteroatoms. The van der Waals surface area contributed by atoms with Gasteiger partial charge in [0.2, 0.25) is 6.04 Å². The second kappa shape index (κ2) is 9.39. The highest BCUT2D eigenvalue weighted by Crippen LogP contribution is 2.53. The van der Waals surface area contributed by atoms with E-state index in [1.165, 1.54) is 17.2 Å². The summed E-state index contributed by atoms with van der Waals surface area (Å²) in [5, 5.41) is 4.53. The Bertz CT molecular complexity index is 1220. The van der Waals surface area contributed by atoms with Crippen LogP contribution in [0.5, 0.6) is 0 Å². The SMILES string of the molecule is CCOC(=O)C(C(=O)[C@H]1CCC2(CC2)N1C(=O)OC(C)(C)C)n1cc2c(C(F)F)cc(Br)c(C)c2n1. The number of halogens is 3. The number of ketones is 1. The largest absolute Gasteiger partial charge is 0.464 e. The van der Waals surface area contributed by atoms with Gasteiger partial charge in [0.25, 0.3) is 6.43 Å². The lowest BCUT2D eigenvalue weighted by Crippen LogP contribution is -2.51. The molecule has 1 unspecified atom stereocenters. The van der Waals surface area contributed by atoms with Crippen molar-refractivity contribution < 1.29 is 32.6 Å². The van der Waals surface area contributed by atoms with Crippen LogP contribution in [0.4, 0.5) is 13.6 Å². The Morgan fingerprint density at radius 1 is 1.25 bits per heavy atom. The Morgan fingerprint density at radius 3 is 2.47 bits per heavy atom. The Kier molecular flexibility index (Phi) is 6.91. The first-order valence-electron chi connectivity index (χ1n) is 12.0. The van der Waals surface area contributed by atoms with Crippen molar-refractivity contribution in [3.63, 3.8) is 0 Å². The number of likely N-dealkylation sites (tertiary alicyclic amines) is 1. The molecule has 8 nitrogen and oxygen atoms in total. The molecule has 2 heterocycles. The molecule has 1 saturated carbocycles. The van der Waals surface area contributed by atoms with E-state index < -0.39 is 47.5 Å². The van der Waals surface area contributed by atoms with Gasteiger partial charge >= 0.3 is 12.1 Å². The number of Topliss-reactive ketones (excluding diaryl/α,β-unsaturated/α-hetero) is 1. The lowest BCUT2D eigenvalue weighted by Gasteiger charge is -2.33. The van der Waals surface area contributed by atoms with Crippen molar-refractivity contribution in [1.82, 2.24) is 14.7 Å². The third kappa shape index (κ3) is 4.73. The van der Waals surface area contributed by atoms with E-state index in [0.717, 1.165) is 17.5 Å². The molecule has 2 atom stereocenters. The predicted octanol–water partition coefficient (Wildman–Crippen LogP) is 5.65. The van der Waals surface area contributed by atoms with Crippen molar-refractivity contribution in [3.05, 3.63) is 27.9 Å². The Hall–Kier alpha value is -2.56. The topological polar surface area (TPSA) is 90.7 Å². The maximum atomic E-state index is 13.9. The Morgan fingerprint density at radius 2 is 1.92 bits per heavy atom. The van der Waals surface area contributed by atoms with Crippen LogP contribution in [-0.4, -0.2) is 56.3 Å². The third-order valence-corrected chi connectivity index (χ3v) is 7.59. The molecule has 1 amide bonds. The molecule has 1 aliphatic heterocycles. The van der Waals surface area contributed by atoms with Crippen LogP contribution in [0.15, 0.2) is 16.7 Å². The molecule has 1 aliphatic carbocycles. The zero-order valence-electron chi connectivity index (χ0n) is 20.9. The molecule has 1 aromatic heterocycles. The second-order valence-electron chi connectivity index (χ2n) is 10.4. The Labute approximate surface area is 216 Å². The maximum absolute atomic E-state index is 13.9. The zero-order chi connectivity index (χ0) is 26.6. The van der Waals surface area contributed by atoms with Crippen LogP contribution in [0.25, 0.3) is 10.9 Å². The van der Waals surface area contributed by atoms with Crippen molar-refractivity contribution in [1.29, 1.82) is 0 Å². The number of benzene rings is 1. The lowest BCUT2D eigenvalue weighted by molar-refractivity contribution is -0.152. The van der Waals surface area contributed by atoms with Gasteiger partial charge in [-0.3, -0.25) is 9.69 Å². The highest BCUT2D eigenvalue weighted by molar-refractivity contribution is 9.10. The van der Waals surface area contributed by atoms with E-state index in [9.17, 15) is 23.2 Å². The van der Waals surface area contributed by atoms with Gasteiger partial charge in [0.15, 0.2) is 5.78 Å². The smallest absolute Gasteiger partial charge is 0.411 e. The van der Waals surface area contributed by atoms with E-state index in [1.54, 1.807) is 34.6 Å². The number of fused-ring (bicyclic) bond motifs is 1. The number of carbonyl (C=O) groups excluding carboxylic acids is 3. The first kappa shape index (κ1) is 26.5.